The molecule has 0 aliphatic heterocycles. The Morgan fingerprint density at radius 1 is 1.37 bits per heavy atom. The topological polar surface area (TPSA) is 70.6 Å². The van der Waals surface area contributed by atoms with E-state index in [1.54, 1.807) is 38.3 Å². The molecule has 1 aromatic carbocycles. The van der Waals surface area contributed by atoms with E-state index in [9.17, 15) is 9.90 Å². The Labute approximate surface area is 114 Å². The number of nitrogens with one attached hydrogen (secondary N) is 2. The van der Waals surface area contributed by atoms with Gasteiger partial charge in [0.15, 0.2) is 0 Å². The molecule has 0 heterocycles. The first-order chi connectivity index (χ1) is 8.96. The first-order valence-corrected chi connectivity index (χ1v) is 6.34. The maximum atomic E-state index is 11.7. The fourth-order valence-electron chi connectivity index (χ4n) is 1.45. The number of ether oxygens (including phenoxy) is 1. The smallest absolute Gasteiger partial charge is 0.238 e. The van der Waals surface area contributed by atoms with Crippen LogP contribution in [0, 0.1) is 0 Å². The fourth-order valence-corrected chi connectivity index (χ4v) is 1.45. The SMILES string of the molecule is CCC(C)(O)CNCC(=O)Nc1ccc(OC)cc1. The second kappa shape index (κ2) is 7.11. The summed E-state index contributed by atoms with van der Waals surface area (Å²) in [5, 5.41) is 15.5. The molecular formula is C14H22N2O3. The highest BCUT2D eigenvalue weighted by atomic mass is 16.5. The summed E-state index contributed by atoms with van der Waals surface area (Å²) >= 11 is 0. The van der Waals surface area contributed by atoms with Gasteiger partial charge in [-0.2, -0.15) is 0 Å². The zero-order valence-corrected chi connectivity index (χ0v) is 11.7. The minimum Gasteiger partial charge on any atom is -0.497 e. The van der Waals surface area contributed by atoms with Crippen molar-refractivity contribution in [2.75, 3.05) is 25.5 Å². The molecule has 5 nitrogen and oxygen atoms in total. The van der Waals surface area contributed by atoms with Crippen LogP contribution in [-0.2, 0) is 4.79 Å². The van der Waals surface area contributed by atoms with Crippen LogP contribution in [0.25, 0.3) is 0 Å². The van der Waals surface area contributed by atoms with Crippen LogP contribution < -0.4 is 15.4 Å². The molecule has 1 unspecified atom stereocenters. The number of hydrogen-bond donors (Lipinski definition) is 3. The highest BCUT2D eigenvalue weighted by molar-refractivity contribution is 5.92. The van der Waals surface area contributed by atoms with Crippen LogP contribution in [-0.4, -0.2) is 36.8 Å². The summed E-state index contributed by atoms with van der Waals surface area (Å²) in [6, 6.07) is 7.12. The van der Waals surface area contributed by atoms with Crippen molar-refractivity contribution in [3.63, 3.8) is 0 Å². The number of methoxy groups -OCH3 is 1. The van der Waals surface area contributed by atoms with Crippen LogP contribution in [0.2, 0.25) is 0 Å². The molecular weight excluding hydrogens is 244 g/mol. The van der Waals surface area contributed by atoms with Gasteiger partial charge in [0.25, 0.3) is 0 Å². The van der Waals surface area contributed by atoms with Gasteiger partial charge < -0.3 is 20.5 Å². The minimum atomic E-state index is -0.777. The molecule has 1 amide bonds. The van der Waals surface area contributed by atoms with Gasteiger partial charge in [0.2, 0.25) is 5.91 Å². The summed E-state index contributed by atoms with van der Waals surface area (Å²) in [6.45, 7) is 4.20. The van der Waals surface area contributed by atoms with Crippen LogP contribution >= 0.6 is 0 Å². The monoisotopic (exact) mass is 266 g/mol. The number of carbonyl (C=O) groups excluding carboxylic acids is 1. The van der Waals surface area contributed by atoms with Gasteiger partial charge in [0.1, 0.15) is 5.75 Å². The van der Waals surface area contributed by atoms with Crippen molar-refractivity contribution in [1.82, 2.24) is 5.32 Å². The summed E-state index contributed by atoms with van der Waals surface area (Å²) in [4.78, 5) is 11.7. The molecule has 0 saturated heterocycles. The van der Waals surface area contributed by atoms with Crippen LogP contribution in [0.4, 0.5) is 5.69 Å². The second-order valence-electron chi connectivity index (χ2n) is 4.73. The number of rotatable bonds is 7. The van der Waals surface area contributed by atoms with Crippen molar-refractivity contribution in [3.05, 3.63) is 24.3 Å². The molecule has 106 valence electrons. The van der Waals surface area contributed by atoms with Crippen molar-refractivity contribution in [1.29, 1.82) is 0 Å². The van der Waals surface area contributed by atoms with E-state index in [1.807, 2.05) is 6.92 Å². The number of anilines is 1. The van der Waals surface area contributed by atoms with Gasteiger partial charge in [-0.05, 0) is 37.6 Å². The van der Waals surface area contributed by atoms with E-state index in [2.05, 4.69) is 10.6 Å². The highest BCUT2D eigenvalue weighted by Gasteiger charge is 2.16. The summed E-state index contributed by atoms with van der Waals surface area (Å²) in [7, 11) is 1.59. The molecule has 5 heteroatoms. The fraction of sp³-hybridized carbons (Fsp3) is 0.500. The van der Waals surface area contributed by atoms with E-state index in [4.69, 9.17) is 4.74 Å². The molecule has 0 fully saturated rings. The zero-order chi connectivity index (χ0) is 14.3. The largest absolute Gasteiger partial charge is 0.497 e. The van der Waals surface area contributed by atoms with E-state index in [1.165, 1.54) is 0 Å². The van der Waals surface area contributed by atoms with Crippen molar-refractivity contribution >= 4 is 11.6 Å². The van der Waals surface area contributed by atoms with Gasteiger partial charge in [-0.3, -0.25) is 4.79 Å². The molecule has 19 heavy (non-hydrogen) atoms. The molecule has 0 aliphatic rings. The van der Waals surface area contributed by atoms with E-state index < -0.39 is 5.60 Å². The summed E-state index contributed by atoms with van der Waals surface area (Å²) in [6.07, 6.45) is 0.639. The Kier molecular flexibility index (Phi) is 5.79. The van der Waals surface area contributed by atoms with Gasteiger partial charge in [-0.25, -0.2) is 0 Å². The maximum Gasteiger partial charge on any atom is 0.238 e. The zero-order valence-electron chi connectivity index (χ0n) is 11.7. The van der Waals surface area contributed by atoms with Crippen LogP contribution in [0.1, 0.15) is 20.3 Å². The molecule has 0 spiro atoms. The molecule has 1 rings (SSSR count). The number of aliphatic hydroxyl groups is 1. The lowest BCUT2D eigenvalue weighted by atomic mass is 10.0. The lowest BCUT2D eigenvalue weighted by Crippen LogP contribution is -2.40. The average molecular weight is 266 g/mol. The molecule has 0 saturated carbocycles. The highest BCUT2D eigenvalue weighted by Crippen LogP contribution is 2.14. The molecule has 0 bridgehead atoms. The number of amides is 1. The van der Waals surface area contributed by atoms with Gasteiger partial charge in [-0.1, -0.05) is 6.92 Å². The first kappa shape index (κ1) is 15.5. The number of carbonyl (C=O) groups is 1. The third kappa shape index (κ3) is 5.72. The van der Waals surface area contributed by atoms with E-state index in [0.717, 1.165) is 11.4 Å². The van der Waals surface area contributed by atoms with Crippen LogP contribution in [0.5, 0.6) is 5.75 Å². The summed E-state index contributed by atoms with van der Waals surface area (Å²) < 4.78 is 5.04. The predicted molar refractivity (Wildman–Crippen MR) is 75.4 cm³/mol. The molecule has 0 aliphatic carbocycles. The Hall–Kier alpha value is -1.59. The molecule has 3 N–H and O–H groups in total. The molecule has 1 atom stereocenters. The molecule has 0 radical (unpaired) electrons. The van der Waals surface area contributed by atoms with Gasteiger partial charge in [-0.15, -0.1) is 0 Å². The van der Waals surface area contributed by atoms with E-state index in [0.29, 0.717) is 13.0 Å². The number of benzene rings is 1. The predicted octanol–water partition coefficient (Wildman–Crippen LogP) is 1.38. The second-order valence-corrected chi connectivity index (χ2v) is 4.73. The Morgan fingerprint density at radius 3 is 2.53 bits per heavy atom. The van der Waals surface area contributed by atoms with Crippen molar-refractivity contribution in [2.45, 2.75) is 25.9 Å². The molecule has 0 aromatic heterocycles. The van der Waals surface area contributed by atoms with Gasteiger partial charge in [0.05, 0.1) is 19.3 Å². The summed E-state index contributed by atoms with van der Waals surface area (Å²) in [5.41, 5.74) is -0.0599. The average Bonchev–Trinajstić information content (AvgIpc) is 2.39. The first-order valence-electron chi connectivity index (χ1n) is 6.34. The maximum absolute atomic E-state index is 11.7. The Bertz CT molecular complexity index is 402. The molecule has 1 aromatic rings. The third-order valence-corrected chi connectivity index (χ3v) is 2.93. The lowest BCUT2D eigenvalue weighted by Gasteiger charge is -2.21. The van der Waals surface area contributed by atoms with Crippen molar-refractivity contribution in [3.8, 4) is 5.75 Å². The quantitative estimate of drug-likeness (QED) is 0.697. The minimum absolute atomic E-state index is 0.142. The lowest BCUT2D eigenvalue weighted by molar-refractivity contribution is -0.115. The van der Waals surface area contributed by atoms with Crippen molar-refractivity contribution in [2.24, 2.45) is 0 Å². The van der Waals surface area contributed by atoms with Crippen molar-refractivity contribution < 1.29 is 14.6 Å². The normalized spacial score (nSPS) is 13.7. The van der Waals surface area contributed by atoms with Crippen LogP contribution in [0.15, 0.2) is 24.3 Å². The van der Waals surface area contributed by atoms with Gasteiger partial charge >= 0.3 is 0 Å². The summed E-state index contributed by atoms with van der Waals surface area (Å²) in [5.74, 6) is 0.604. The van der Waals surface area contributed by atoms with E-state index in [-0.39, 0.29) is 12.5 Å². The number of hydrogen-bond acceptors (Lipinski definition) is 4. The third-order valence-electron chi connectivity index (χ3n) is 2.93. The Morgan fingerprint density at radius 2 is 2.00 bits per heavy atom. The van der Waals surface area contributed by atoms with Gasteiger partial charge in [0, 0.05) is 12.2 Å². The Balaban J connectivity index is 2.34. The van der Waals surface area contributed by atoms with Crippen LogP contribution in [0.3, 0.4) is 0 Å². The van der Waals surface area contributed by atoms with E-state index >= 15 is 0 Å². The standard InChI is InChI=1S/C14H22N2O3/c1-4-14(2,18)10-15-9-13(17)16-11-5-7-12(19-3)8-6-11/h5-8,15,18H,4,9-10H2,1-3H3,(H,16,17).